The van der Waals surface area contributed by atoms with Crippen LogP contribution in [0, 0.1) is 0 Å². The molecule has 3 heterocycles. The molecule has 1 aromatic carbocycles. The van der Waals surface area contributed by atoms with Gasteiger partial charge in [0.1, 0.15) is 6.61 Å². The van der Waals surface area contributed by atoms with Crippen LogP contribution in [0.15, 0.2) is 82.7 Å². The zero-order valence-electron chi connectivity index (χ0n) is 20.9. The number of rotatable bonds is 10. The zero-order valence-corrected chi connectivity index (χ0v) is 21.7. The summed E-state index contributed by atoms with van der Waals surface area (Å²) in [4.78, 5) is 36.7. The van der Waals surface area contributed by atoms with Crippen LogP contribution in [-0.2, 0) is 20.9 Å². The van der Waals surface area contributed by atoms with E-state index in [9.17, 15) is 9.59 Å². The Hall–Kier alpha value is -4.05. The number of amidine groups is 1. The second-order valence-corrected chi connectivity index (χ2v) is 9.04. The summed E-state index contributed by atoms with van der Waals surface area (Å²) in [6.07, 6.45) is 4.99. The van der Waals surface area contributed by atoms with Crippen molar-refractivity contribution in [1.29, 1.82) is 0 Å². The number of thioether (sulfide) groups is 1. The number of benzene rings is 1. The molecule has 0 spiro atoms. The van der Waals surface area contributed by atoms with Crippen molar-refractivity contribution >= 4 is 28.8 Å². The van der Waals surface area contributed by atoms with E-state index >= 15 is 0 Å². The number of amides is 1. The quantitative estimate of drug-likeness (QED) is 0.369. The second-order valence-electron chi connectivity index (χ2n) is 8.20. The summed E-state index contributed by atoms with van der Waals surface area (Å²) >= 11 is 1.41. The maximum Gasteiger partial charge on any atom is 0.338 e. The fourth-order valence-corrected chi connectivity index (χ4v) is 5.07. The number of esters is 1. The molecule has 4 rings (SSSR count). The van der Waals surface area contributed by atoms with Crippen LogP contribution in [0.5, 0.6) is 11.5 Å². The summed E-state index contributed by atoms with van der Waals surface area (Å²) < 4.78 is 16.4. The highest BCUT2D eigenvalue weighted by molar-refractivity contribution is 8.16. The highest BCUT2D eigenvalue weighted by atomic mass is 32.2. The van der Waals surface area contributed by atoms with E-state index in [0.29, 0.717) is 34.5 Å². The van der Waals surface area contributed by atoms with Crippen LogP contribution in [0.3, 0.4) is 0 Å². The van der Waals surface area contributed by atoms with E-state index in [-0.39, 0.29) is 18.9 Å². The van der Waals surface area contributed by atoms with Crippen molar-refractivity contribution in [1.82, 2.24) is 15.2 Å². The maximum absolute atomic E-state index is 13.2. The van der Waals surface area contributed by atoms with Crippen LogP contribution in [0.4, 0.5) is 0 Å². The number of carbonyl (C=O) groups excluding carboxylic acids is 2. The molecule has 1 amide bonds. The highest BCUT2D eigenvalue weighted by Gasteiger charge is 2.41. The van der Waals surface area contributed by atoms with Crippen molar-refractivity contribution in [2.45, 2.75) is 25.9 Å². The minimum Gasteiger partial charge on any atom is -0.493 e. The van der Waals surface area contributed by atoms with Crippen molar-refractivity contribution in [2.24, 2.45) is 4.99 Å². The Labute approximate surface area is 219 Å². The van der Waals surface area contributed by atoms with Gasteiger partial charge in [-0.25, -0.2) is 9.79 Å². The summed E-state index contributed by atoms with van der Waals surface area (Å²) in [5.74, 6) is 0.430. The van der Waals surface area contributed by atoms with Gasteiger partial charge in [-0.3, -0.25) is 9.78 Å². The number of carbonyl (C=O) groups is 2. The monoisotopic (exact) mass is 520 g/mol. The lowest BCUT2D eigenvalue weighted by Gasteiger charge is -2.36. The van der Waals surface area contributed by atoms with E-state index in [4.69, 9.17) is 14.2 Å². The number of methoxy groups -OCH3 is 2. The molecule has 0 fully saturated rings. The van der Waals surface area contributed by atoms with Gasteiger partial charge < -0.3 is 24.4 Å². The molecule has 0 bridgehead atoms. The largest absolute Gasteiger partial charge is 0.493 e. The number of nitrogens with zero attached hydrogens (tertiary/aromatic N) is 3. The molecule has 0 aliphatic carbocycles. The molecular formula is C27H28N4O5S. The number of nitrogens with one attached hydrogen (secondary N) is 1. The number of aromatic nitrogens is 1. The molecule has 9 nitrogen and oxygen atoms in total. The van der Waals surface area contributed by atoms with Crippen LogP contribution in [0.25, 0.3) is 0 Å². The van der Waals surface area contributed by atoms with Gasteiger partial charge in [-0.2, -0.15) is 0 Å². The Kier molecular flexibility index (Phi) is 8.29. The van der Waals surface area contributed by atoms with Gasteiger partial charge in [-0.05, 0) is 47.7 Å². The number of aliphatic imine (C=N–C) groups is 1. The Morgan fingerprint density at radius 2 is 1.92 bits per heavy atom. The first kappa shape index (κ1) is 26.0. The van der Waals surface area contributed by atoms with Gasteiger partial charge in [0.05, 0.1) is 38.0 Å². The minimum atomic E-state index is -0.584. The molecule has 0 unspecified atom stereocenters. The summed E-state index contributed by atoms with van der Waals surface area (Å²) in [6.45, 7) is 5.87. The van der Waals surface area contributed by atoms with E-state index in [0.717, 1.165) is 16.8 Å². The summed E-state index contributed by atoms with van der Waals surface area (Å²) in [7, 11) is 3.12. The van der Waals surface area contributed by atoms with Crippen LogP contribution in [0.1, 0.15) is 30.5 Å². The van der Waals surface area contributed by atoms with E-state index in [1.807, 2.05) is 34.6 Å². The molecular weight excluding hydrogens is 492 g/mol. The summed E-state index contributed by atoms with van der Waals surface area (Å²) in [5.41, 5.74) is 3.36. The SMILES string of the molecule is C=CCOC(=O)C1=C(C)N=C2SC=C(CC(=O)NCc3ccncc3)N2[C@@H]1c1ccc(OC)c(OC)c1. The molecule has 0 radical (unpaired) electrons. The number of hydrogen-bond donors (Lipinski definition) is 1. The van der Waals surface area contributed by atoms with E-state index < -0.39 is 12.0 Å². The van der Waals surface area contributed by atoms with Gasteiger partial charge in [-0.15, -0.1) is 0 Å². The number of hydrogen-bond acceptors (Lipinski definition) is 9. The Morgan fingerprint density at radius 1 is 1.16 bits per heavy atom. The molecule has 192 valence electrons. The summed E-state index contributed by atoms with van der Waals surface area (Å²) in [6, 6.07) is 8.59. The average Bonchev–Trinajstić information content (AvgIpc) is 3.31. The van der Waals surface area contributed by atoms with Crippen LogP contribution in [0.2, 0.25) is 0 Å². The molecule has 0 saturated carbocycles. The molecule has 1 atom stereocenters. The second kappa shape index (κ2) is 11.8. The first-order valence-electron chi connectivity index (χ1n) is 11.6. The average molecular weight is 521 g/mol. The van der Waals surface area contributed by atoms with Crippen molar-refractivity contribution < 1.29 is 23.8 Å². The third-order valence-corrected chi connectivity index (χ3v) is 6.75. The molecule has 1 aromatic heterocycles. The van der Waals surface area contributed by atoms with Gasteiger partial charge in [-0.1, -0.05) is 30.5 Å². The summed E-state index contributed by atoms with van der Waals surface area (Å²) in [5, 5.41) is 5.51. The predicted octanol–water partition coefficient (Wildman–Crippen LogP) is 4.11. The van der Waals surface area contributed by atoms with Gasteiger partial charge in [0.15, 0.2) is 16.7 Å². The van der Waals surface area contributed by atoms with Gasteiger partial charge in [0, 0.05) is 24.6 Å². The third-order valence-electron chi connectivity index (χ3n) is 5.86. The van der Waals surface area contributed by atoms with Crippen molar-refractivity contribution in [2.75, 3.05) is 20.8 Å². The maximum atomic E-state index is 13.2. The lowest BCUT2D eigenvalue weighted by atomic mass is 9.93. The molecule has 0 saturated heterocycles. The van der Waals surface area contributed by atoms with Gasteiger partial charge >= 0.3 is 5.97 Å². The lowest BCUT2D eigenvalue weighted by molar-refractivity contribution is -0.138. The first-order chi connectivity index (χ1) is 18.0. The molecule has 2 aliphatic heterocycles. The third kappa shape index (κ3) is 5.69. The topological polar surface area (TPSA) is 102 Å². The number of allylic oxidation sites excluding steroid dienone is 1. The number of ether oxygens (including phenoxy) is 3. The van der Waals surface area contributed by atoms with Crippen molar-refractivity contribution in [3.05, 3.63) is 88.9 Å². The fourth-order valence-electron chi connectivity index (χ4n) is 4.11. The molecule has 1 N–H and O–H groups in total. The normalized spacial score (nSPS) is 16.4. The number of fused-ring (bicyclic) bond motifs is 1. The molecule has 37 heavy (non-hydrogen) atoms. The van der Waals surface area contributed by atoms with Crippen LogP contribution in [-0.4, -0.2) is 47.8 Å². The minimum absolute atomic E-state index is 0.0691. The highest BCUT2D eigenvalue weighted by Crippen LogP contribution is 2.46. The molecule has 2 aliphatic rings. The smallest absolute Gasteiger partial charge is 0.338 e. The van der Waals surface area contributed by atoms with Gasteiger partial charge in [0.2, 0.25) is 5.91 Å². The predicted molar refractivity (Wildman–Crippen MR) is 142 cm³/mol. The van der Waals surface area contributed by atoms with Crippen LogP contribution < -0.4 is 14.8 Å². The zero-order chi connectivity index (χ0) is 26.4. The Morgan fingerprint density at radius 3 is 2.62 bits per heavy atom. The van der Waals surface area contributed by atoms with Crippen molar-refractivity contribution in [3.8, 4) is 11.5 Å². The first-order valence-corrected chi connectivity index (χ1v) is 12.4. The Bertz CT molecular complexity index is 1290. The van der Waals surface area contributed by atoms with Gasteiger partial charge in [0.25, 0.3) is 0 Å². The Balaban J connectivity index is 1.66. The lowest BCUT2D eigenvalue weighted by Crippen LogP contribution is -2.38. The molecule has 10 heteroatoms. The number of pyridine rings is 1. The van der Waals surface area contributed by atoms with E-state index in [2.05, 4.69) is 21.9 Å². The fraction of sp³-hybridized carbons (Fsp3) is 0.259. The van der Waals surface area contributed by atoms with Crippen molar-refractivity contribution in [3.63, 3.8) is 0 Å². The molecule has 2 aromatic rings. The van der Waals surface area contributed by atoms with Crippen LogP contribution >= 0.6 is 11.8 Å². The van der Waals surface area contributed by atoms with E-state index in [1.165, 1.54) is 17.8 Å². The standard InChI is InChI=1S/C27H28N4O5S/c1-5-12-36-26(33)24-17(2)30-27-31(25(24)19-6-7-21(34-3)22(13-19)35-4)20(16-37-27)14-23(32)29-15-18-8-10-28-11-9-18/h5-11,13,16,25H,1,12,14-15H2,2-4H3,(H,29,32)/t25-/m1/s1. The van der Waals surface area contributed by atoms with E-state index in [1.54, 1.807) is 39.6 Å².